The largest absolute Gasteiger partial charge is 0.411 e. The molecule has 2 saturated heterocycles. The second-order valence-electron chi connectivity index (χ2n) is 9.34. The Hall–Kier alpha value is -2.82. The van der Waals surface area contributed by atoms with Crippen LogP contribution in [0.1, 0.15) is 17.6 Å². The average Bonchev–Trinajstić information content (AvgIpc) is 3.24. The average molecular weight is 523 g/mol. The summed E-state index contributed by atoms with van der Waals surface area (Å²) in [5.74, 6) is 1.61. The number of fused-ring (bicyclic) bond motifs is 1. The van der Waals surface area contributed by atoms with E-state index in [0.29, 0.717) is 35.4 Å². The van der Waals surface area contributed by atoms with Crippen molar-refractivity contribution in [3.8, 4) is 0 Å². The number of nitrogens with one attached hydrogen (secondary N) is 4. The van der Waals surface area contributed by atoms with Crippen LogP contribution in [-0.4, -0.2) is 109 Å². The standard InChI is InChI=1S/C22H31F3N11O/c1-36(8-9-37-13-22(23,24)25)19-15(11-30-36)32-20(34-21(19)33-17-2-3-27-14-29-17)16-10-28-12-18(31-16)35-6-4-26-5-7-35/h2-3,11,14,16,18,26,28,31H,4-10,12-13H2,1H3,(H,27,29,32,33,34)/q+1. The third kappa shape index (κ3) is 6.19. The van der Waals surface area contributed by atoms with E-state index >= 15 is 0 Å². The first-order valence-corrected chi connectivity index (χ1v) is 12.2. The van der Waals surface area contributed by atoms with Crippen molar-refractivity contribution in [3.63, 3.8) is 0 Å². The normalized spacial score (nSPS) is 26.3. The summed E-state index contributed by atoms with van der Waals surface area (Å²) in [5, 5.41) is 18.4. The van der Waals surface area contributed by atoms with Gasteiger partial charge in [0, 0.05) is 45.5 Å². The van der Waals surface area contributed by atoms with Gasteiger partial charge in [-0.2, -0.15) is 17.8 Å². The first-order valence-electron chi connectivity index (χ1n) is 12.2. The zero-order valence-corrected chi connectivity index (χ0v) is 20.5. The maximum Gasteiger partial charge on any atom is 0.411 e. The van der Waals surface area contributed by atoms with E-state index in [-0.39, 0.29) is 30.0 Å². The summed E-state index contributed by atoms with van der Waals surface area (Å²) in [4.78, 5) is 20.3. The molecule has 15 heteroatoms. The fourth-order valence-electron chi connectivity index (χ4n) is 4.73. The van der Waals surface area contributed by atoms with E-state index in [1.54, 1.807) is 25.5 Å². The van der Waals surface area contributed by atoms with Crippen LogP contribution >= 0.6 is 0 Å². The van der Waals surface area contributed by atoms with Gasteiger partial charge in [0.2, 0.25) is 11.5 Å². The van der Waals surface area contributed by atoms with Gasteiger partial charge < -0.3 is 20.7 Å². The lowest BCUT2D eigenvalue weighted by atomic mass is 10.1. The lowest BCUT2D eigenvalue weighted by Gasteiger charge is -2.40. The van der Waals surface area contributed by atoms with Gasteiger partial charge in [0.1, 0.15) is 37.3 Å². The molecule has 5 heterocycles. The van der Waals surface area contributed by atoms with Crippen molar-refractivity contribution in [2.24, 2.45) is 5.10 Å². The second kappa shape index (κ2) is 10.9. The molecule has 2 aromatic heterocycles. The second-order valence-corrected chi connectivity index (χ2v) is 9.34. The Balaban J connectivity index is 1.40. The number of hydrogen-bond donors (Lipinski definition) is 4. The summed E-state index contributed by atoms with van der Waals surface area (Å²) in [6.45, 7) is 4.02. The van der Waals surface area contributed by atoms with Crippen molar-refractivity contribution in [3.05, 3.63) is 30.1 Å². The lowest BCUT2D eigenvalue weighted by Crippen LogP contribution is -2.61. The van der Waals surface area contributed by atoms with Crippen molar-refractivity contribution in [2.75, 3.05) is 71.4 Å². The van der Waals surface area contributed by atoms with Crippen molar-refractivity contribution < 1.29 is 17.9 Å². The lowest BCUT2D eigenvalue weighted by molar-refractivity contribution is -0.174. The molecule has 3 aliphatic heterocycles. The number of halogens is 3. The molecule has 3 atom stereocenters. The number of anilines is 2. The third-order valence-electron chi connectivity index (χ3n) is 6.59. The fraction of sp³-hybridized carbons (Fsp3) is 0.591. The molecule has 0 bridgehead atoms. The van der Waals surface area contributed by atoms with Crippen molar-refractivity contribution in [1.82, 2.24) is 45.4 Å². The maximum absolute atomic E-state index is 12.5. The zero-order valence-electron chi connectivity index (χ0n) is 20.5. The third-order valence-corrected chi connectivity index (χ3v) is 6.59. The molecule has 0 radical (unpaired) electrons. The van der Waals surface area contributed by atoms with E-state index in [4.69, 9.17) is 14.7 Å². The minimum absolute atomic E-state index is 0.0549. The van der Waals surface area contributed by atoms with Gasteiger partial charge in [0.05, 0.1) is 25.9 Å². The quantitative estimate of drug-likeness (QED) is 0.285. The maximum atomic E-state index is 12.5. The minimum Gasteiger partial charge on any atom is -0.366 e. The van der Waals surface area contributed by atoms with Gasteiger partial charge in [-0.3, -0.25) is 10.2 Å². The molecular weight excluding hydrogens is 491 g/mol. The Labute approximate surface area is 212 Å². The Kier molecular flexibility index (Phi) is 7.60. The Bertz CT molecular complexity index is 1100. The number of aromatic nitrogens is 4. The van der Waals surface area contributed by atoms with Gasteiger partial charge in [0.25, 0.3) is 0 Å². The van der Waals surface area contributed by atoms with Crippen molar-refractivity contribution in [2.45, 2.75) is 18.4 Å². The first-order chi connectivity index (χ1) is 17.8. The van der Waals surface area contributed by atoms with Crippen molar-refractivity contribution in [1.29, 1.82) is 0 Å². The summed E-state index contributed by atoms with van der Waals surface area (Å²) in [5.41, 5.74) is 1.24. The number of piperazine rings is 2. The van der Waals surface area contributed by atoms with Gasteiger partial charge >= 0.3 is 6.18 Å². The van der Waals surface area contributed by atoms with Gasteiger partial charge in [-0.1, -0.05) is 5.10 Å². The van der Waals surface area contributed by atoms with Crippen LogP contribution in [0, 0.1) is 0 Å². The molecule has 12 nitrogen and oxygen atoms in total. The molecule has 5 rings (SSSR count). The van der Waals surface area contributed by atoms with E-state index in [2.05, 4.69) is 41.2 Å². The van der Waals surface area contributed by atoms with Gasteiger partial charge in [-0.15, -0.1) is 0 Å². The predicted octanol–water partition coefficient (Wildman–Crippen LogP) is 0.339. The number of likely N-dealkylation sites (N-methyl/N-ethyl adjacent to an activating group) is 1. The number of quaternary nitrogens is 1. The molecule has 0 spiro atoms. The Morgan fingerprint density at radius 3 is 2.78 bits per heavy atom. The van der Waals surface area contributed by atoms with E-state index < -0.39 is 12.8 Å². The Morgan fingerprint density at radius 1 is 1.19 bits per heavy atom. The molecular formula is C22H31F3N11O+. The molecule has 2 fully saturated rings. The monoisotopic (exact) mass is 522 g/mol. The van der Waals surface area contributed by atoms with Gasteiger partial charge in [-0.25, -0.2) is 19.9 Å². The highest BCUT2D eigenvalue weighted by Crippen LogP contribution is 2.38. The van der Waals surface area contributed by atoms with Crippen LogP contribution in [0.15, 0.2) is 23.7 Å². The van der Waals surface area contributed by atoms with Crippen LogP contribution in [0.5, 0.6) is 0 Å². The SMILES string of the molecule is C[N+]1(CCOCC(F)(F)F)N=Cc2nc(C3CNCC(N4CCNCC4)N3)nc(Nc3ccncn3)c21. The summed E-state index contributed by atoms with van der Waals surface area (Å²) in [6, 6.07) is 1.56. The van der Waals surface area contributed by atoms with Crippen LogP contribution in [0.25, 0.3) is 0 Å². The van der Waals surface area contributed by atoms with Crippen LogP contribution < -0.4 is 25.9 Å². The van der Waals surface area contributed by atoms with Crippen molar-refractivity contribution >= 4 is 23.5 Å². The van der Waals surface area contributed by atoms with Crippen LogP contribution in [0.2, 0.25) is 0 Å². The Morgan fingerprint density at radius 2 is 2.03 bits per heavy atom. The fourth-order valence-corrected chi connectivity index (χ4v) is 4.73. The van der Waals surface area contributed by atoms with E-state index in [0.717, 1.165) is 32.7 Å². The molecule has 200 valence electrons. The molecule has 0 amide bonds. The smallest absolute Gasteiger partial charge is 0.366 e. The van der Waals surface area contributed by atoms with Crippen LogP contribution in [0.3, 0.4) is 0 Å². The molecule has 3 unspecified atom stereocenters. The first kappa shape index (κ1) is 25.8. The highest BCUT2D eigenvalue weighted by molar-refractivity contribution is 5.93. The molecule has 2 aromatic rings. The topological polar surface area (TPSA) is 125 Å². The van der Waals surface area contributed by atoms with E-state index in [9.17, 15) is 13.2 Å². The zero-order chi connectivity index (χ0) is 25.9. The number of nitrogens with zero attached hydrogens (tertiary/aromatic N) is 7. The predicted molar refractivity (Wildman–Crippen MR) is 131 cm³/mol. The number of alkyl halides is 3. The number of rotatable bonds is 8. The summed E-state index contributed by atoms with van der Waals surface area (Å²) in [7, 11) is 1.79. The molecule has 0 aliphatic carbocycles. The van der Waals surface area contributed by atoms with Gasteiger partial charge in [0.15, 0.2) is 5.69 Å². The highest BCUT2D eigenvalue weighted by atomic mass is 19.4. The molecule has 4 N–H and O–H groups in total. The molecule has 37 heavy (non-hydrogen) atoms. The van der Waals surface area contributed by atoms with Crippen LogP contribution in [-0.2, 0) is 4.74 Å². The van der Waals surface area contributed by atoms with Crippen LogP contribution in [0.4, 0.5) is 30.5 Å². The number of hydrogen-bond acceptors (Lipinski definition) is 11. The highest BCUT2D eigenvalue weighted by Gasteiger charge is 2.40. The molecule has 0 saturated carbocycles. The van der Waals surface area contributed by atoms with E-state index in [1.807, 2.05) is 0 Å². The summed E-state index contributed by atoms with van der Waals surface area (Å²) in [6.07, 6.45) is 0.436. The molecule has 0 aromatic carbocycles. The minimum atomic E-state index is -4.38. The summed E-state index contributed by atoms with van der Waals surface area (Å²) < 4.78 is 42.4. The van der Waals surface area contributed by atoms with Gasteiger partial charge in [-0.05, 0) is 6.07 Å². The number of ether oxygens (including phenoxy) is 1. The van der Waals surface area contributed by atoms with E-state index in [1.165, 1.54) is 6.33 Å². The molecule has 3 aliphatic rings. The summed E-state index contributed by atoms with van der Waals surface area (Å²) >= 11 is 0.